The van der Waals surface area contributed by atoms with Gasteiger partial charge in [-0.25, -0.2) is 9.97 Å². The zero-order valence-electron chi connectivity index (χ0n) is 9.03. The molecule has 2 heterocycles. The molecule has 0 aliphatic carbocycles. The fourth-order valence-corrected chi connectivity index (χ4v) is 1.64. The van der Waals surface area contributed by atoms with Crippen LogP contribution in [0.5, 0.6) is 0 Å². The molecule has 0 fully saturated rings. The van der Waals surface area contributed by atoms with Gasteiger partial charge in [-0.1, -0.05) is 13.3 Å². The average molecular weight is 205 g/mol. The molecule has 4 nitrogen and oxygen atoms in total. The Morgan fingerprint density at radius 1 is 1.47 bits per heavy atom. The number of hydrogen-bond acceptors (Lipinski definition) is 4. The largest absolute Gasteiger partial charge is 0.446 e. The summed E-state index contributed by atoms with van der Waals surface area (Å²) in [5.41, 5.74) is 0.635. The Kier molecular flexibility index (Phi) is 2.85. The van der Waals surface area contributed by atoms with Crippen LogP contribution in [0.3, 0.4) is 0 Å². The summed E-state index contributed by atoms with van der Waals surface area (Å²) in [6, 6.07) is 2.30. The van der Waals surface area contributed by atoms with E-state index in [0.717, 1.165) is 24.0 Å². The van der Waals surface area contributed by atoms with Crippen LogP contribution < -0.4 is 5.32 Å². The average Bonchev–Trinajstić information content (AvgIpc) is 2.67. The van der Waals surface area contributed by atoms with E-state index in [-0.39, 0.29) is 0 Å². The van der Waals surface area contributed by atoms with Crippen molar-refractivity contribution in [1.82, 2.24) is 9.97 Å². The number of nitrogens with zero attached hydrogens (tertiary/aromatic N) is 2. The van der Waals surface area contributed by atoms with Crippen molar-refractivity contribution in [3.05, 3.63) is 18.7 Å². The minimum Gasteiger partial charge on any atom is -0.446 e. The molecule has 0 spiro atoms. The summed E-state index contributed by atoms with van der Waals surface area (Å²) in [7, 11) is 0. The molecule has 2 aromatic heterocycles. The van der Waals surface area contributed by atoms with E-state index in [1.807, 2.05) is 6.07 Å². The summed E-state index contributed by atoms with van der Waals surface area (Å²) in [5, 5.41) is 4.31. The predicted octanol–water partition coefficient (Wildman–Crippen LogP) is 2.82. The Morgan fingerprint density at radius 3 is 3.13 bits per heavy atom. The minimum absolute atomic E-state index is 0.419. The van der Waals surface area contributed by atoms with E-state index in [1.54, 1.807) is 6.26 Å². The molecule has 2 rings (SSSR count). The maximum Gasteiger partial charge on any atom is 0.231 e. The van der Waals surface area contributed by atoms with E-state index in [4.69, 9.17) is 4.42 Å². The zero-order chi connectivity index (χ0) is 10.7. The summed E-state index contributed by atoms with van der Waals surface area (Å²) in [4.78, 5) is 8.26. The number of hydrogen-bond donors (Lipinski definition) is 1. The van der Waals surface area contributed by atoms with Crippen LogP contribution in [-0.4, -0.2) is 16.0 Å². The molecule has 15 heavy (non-hydrogen) atoms. The van der Waals surface area contributed by atoms with Gasteiger partial charge in [0.05, 0.1) is 11.6 Å². The normalized spacial score (nSPS) is 12.9. The van der Waals surface area contributed by atoms with Gasteiger partial charge in [0.2, 0.25) is 5.71 Å². The summed E-state index contributed by atoms with van der Waals surface area (Å²) < 4.78 is 5.21. The molecule has 0 saturated carbocycles. The van der Waals surface area contributed by atoms with Gasteiger partial charge in [0.15, 0.2) is 0 Å². The minimum atomic E-state index is 0.419. The summed E-state index contributed by atoms with van der Waals surface area (Å²) in [6.45, 7) is 4.32. The smallest absolute Gasteiger partial charge is 0.231 e. The highest BCUT2D eigenvalue weighted by Gasteiger charge is 2.08. The highest BCUT2D eigenvalue weighted by Crippen LogP contribution is 2.20. The molecule has 0 bridgehead atoms. The SMILES string of the molecule is CCCC(C)Nc1ncnc2occc12. The van der Waals surface area contributed by atoms with Gasteiger partial charge in [-0.15, -0.1) is 0 Å². The lowest BCUT2D eigenvalue weighted by molar-refractivity contribution is 0.602. The molecule has 0 aromatic carbocycles. The third kappa shape index (κ3) is 2.09. The van der Waals surface area contributed by atoms with Gasteiger partial charge < -0.3 is 9.73 Å². The second-order valence-corrected chi connectivity index (χ2v) is 3.70. The standard InChI is InChI=1S/C11H15N3O/c1-3-4-8(2)14-10-9-5-6-15-11(9)13-7-12-10/h5-8H,3-4H2,1-2H3,(H,12,13,14). The Bertz CT molecular complexity index is 438. The van der Waals surface area contributed by atoms with Crippen LogP contribution in [0.4, 0.5) is 5.82 Å². The van der Waals surface area contributed by atoms with Gasteiger partial charge in [0.1, 0.15) is 12.1 Å². The van der Waals surface area contributed by atoms with Gasteiger partial charge in [-0.3, -0.25) is 0 Å². The molecular formula is C11H15N3O. The Balaban J connectivity index is 2.23. The topological polar surface area (TPSA) is 51.0 Å². The van der Waals surface area contributed by atoms with Crippen LogP contribution in [0.1, 0.15) is 26.7 Å². The van der Waals surface area contributed by atoms with Crippen molar-refractivity contribution in [3.8, 4) is 0 Å². The van der Waals surface area contributed by atoms with E-state index in [9.17, 15) is 0 Å². The first-order valence-corrected chi connectivity index (χ1v) is 5.26. The van der Waals surface area contributed by atoms with Crippen molar-refractivity contribution in [2.24, 2.45) is 0 Å². The fourth-order valence-electron chi connectivity index (χ4n) is 1.64. The molecule has 0 aliphatic rings. The molecule has 1 N–H and O–H groups in total. The number of furan rings is 1. The molecule has 0 aliphatic heterocycles. The molecule has 2 aromatic rings. The fraction of sp³-hybridized carbons (Fsp3) is 0.455. The quantitative estimate of drug-likeness (QED) is 0.833. The van der Waals surface area contributed by atoms with Crippen molar-refractivity contribution in [2.75, 3.05) is 5.32 Å². The van der Waals surface area contributed by atoms with Gasteiger partial charge in [0.25, 0.3) is 0 Å². The highest BCUT2D eigenvalue weighted by atomic mass is 16.3. The number of nitrogens with one attached hydrogen (secondary N) is 1. The number of aromatic nitrogens is 2. The van der Waals surface area contributed by atoms with E-state index < -0.39 is 0 Å². The first-order chi connectivity index (χ1) is 7.31. The molecule has 0 radical (unpaired) electrons. The zero-order valence-corrected chi connectivity index (χ0v) is 9.03. The van der Waals surface area contributed by atoms with Crippen molar-refractivity contribution in [2.45, 2.75) is 32.7 Å². The molecule has 0 saturated heterocycles. The Labute approximate surface area is 88.7 Å². The third-order valence-corrected chi connectivity index (χ3v) is 2.37. The lowest BCUT2D eigenvalue weighted by Crippen LogP contribution is -2.15. The number of rotatable bonds is 4. The molecule has 80 valence electrons. The van der Waals surface area contributed by atoms with Crippen molar-refractivity contribution in [1.29, 1.82) is 0 Å². The van der Waals surface area contributed by atoms with Gasteiger partial charge in [0, 0.05) is 6.04 Å². The maximum absolute atomic E-state index is 5.21. The molecule has 4 heteroatoms. The highest BCUT2D eigenvalue weighted by molar-refractivity contribution is 5.85. The van der Waals surface area contributed by atoms with E-state index in [1.165, 1.54) is 6.33 Å². The lowest BCUT2D eigenvalue weighted by Gasteiger charge is -2.13. The second kappa shape index (κ2) is 4.29. The predicted molar refractivity (Wildman–Crippen MR) is 59.8 cm³/mol. The van der Waals surface area contributed by atoms with Crippen molar-refractivity contribution < 1.29 is 4.42 Å². The molecular weight excluding hydrogens is 190 g/mol. The first-order valence-electron chi connectivity index (χ1n) is 5.26. The van der Waals surface area contributed by atoms with Crippen LogP contribution in [0.25, 0.3) is 11.1 Å². The van der Waals surface area contributed by atoms with Crippen LogP contribution in [0.15, 0.2) is 23.1 Å². The molecule has 1 atom stereocenters. The lowest BCUT2D eigenvalue weighted by atomic mass is 10.2. The van der Waals surface area contributed by atoms with Crippen molar-refractivity contribution >= 4 is 16.9 Å². The van der Waals surface area contributed by atoms with Gasteiger partial charge in [-0.05, 0) is 19.4 Å². The Morgan fingerprint density at radius 2 is 2.33 bits per heavy atom. The third-order valence-electron chi connectivity index (χ3n) is 2.37. The summed E-state index contributed by atoms with van der Waals surface area (Å²) in [6.07, 6.45) is 5.44. The molecule has 0 amide bonds. The van der Waals surface area contributed by atoms with E-state index in [0.29, 0.717) is 11.8 Å². The van der Waals surface area contributed by atoms with E-state index in [2.05, 4.69) is 29.1 Å². The summed E-state index contributed by atoms with van der Waals surface area (Å²) >= 11 is 0. The van der Waals surface area contributed by atoms with Crippen LogP contribution in [0.2, 0.25) is 0 Å². The summed E-state index contributed by atoms with van der Waals surface area (Å²) in [5.74, 6) is 0.856. The monoisotopic (exact) mass is 205 g/mol. The van der Waals surface area contributed by atoms with Gasteiger partial charge >= 0.3 is 0 Å². The molecule has 1 unspecified atom stereocenters. The first kappa shape index (κ1) is 9.96. The maximum atomic E-state index is 5.21. The van der Waals surface area contributed by atoms with Gasteiger partial charge in [-0.2, -0.15) is 0 Å². The second-order valence-electron chi connectivity index (χ2n) is 3.70. The number of anilines is 1. The van der Waals surface area contributed by atoms with Crippen LogP contribution in [0, 0.1) is 0 Å². The Hall–Kier alpha value is -1.58. The number of fused-ring (bicyclic) bond motifs is 1. The van der Waals surface area contributed by atoms with Crippen molar-refractivity contribution in [3.63, 3.8) is 0 Å². The van der Waals surface area contributed by atoms with Crippen LogP contribution in [-0.2, 0) is 0 Å². The van der Waals surface area contributed by atoms with Crippen LogP contribution >= 0.6 is 0 Å². The van der Waals surface area contributed by atoms with E-state index >= 15 is 0 Å².